The van der Waals surface area contributed by atoms with Gasteiger partial charge in [0.25, 0.3) is 0 Å². The molecular weight excluding hydrogens is 288 g/mol. The van der Waals surface area contributed by atoms with Crippen LogP contribution < -0.4 is 10.6 Å². The number of likely N-dealkylation sites (tertiary alicyclic amines) is 1. The van der Waals surface area contributed by atoms with Crippen molar-refractivity contribution in [3.05, 3.63) is 23.4 Å². The van der Waals surface area contributed by atoms with Crippen LogP contribution in [-0.2, 0) is 17.6 Å². The highest BCUT2D eigenvalue weighted by Crippen LogP contribution is 2.25. The van der Waals surface area contributed by atoms with Gasteiger partial charge < -0.3 is 15.5 Å². The summed E-state index contributed by atoms with van der Waals surface area (Å²) in [6.07, 6.45) is 5.61. The topological polar surface area (TPSA) is 57.3 Å². The van der Waals surface area contributed by atoms with Crippen LogP contribution in [0.3, 0.4) is 0 Å². The third-order valence-corrected chi connectivity index (χ3v) is 5.51. The molecule has 0 saturated carbocycles. The van der Waals surface area contributed by atoms with Crippen molar-refractivity contribution in [1.82, 2.24) is 15.2 Å². The summed E-state index contributed by atoms with van der Waals surface area (Å²) in [5.41, 5.74) is 2.56. The number of amides is 1. The average Bonchev–Trinajstić information content (AvgIpc) is 2.54. The lowest BCUT2D eigenvalue weighted by Gasteiger charge is -2.37. The summed E-state index contributed by atoms with van der Waals surface area (Å²) in [6.45, 7) is 4.61. The summed E-state index contributed by atoms with van der Waals surface area (Å²) in [5, 5.41) is 6.60. The molecule has 0 radical (unpaired) electrons. The first-order valence-corrected chi connectivity index (χ1v) is 9.02. The van der Waals surface area contributed by atoms with Crippen molar-refractivity contribution in [2.24, 2.45) is 11.8 Å². The molecule has 0 atom stereocenters. The van der Waals surface area contributed by atoms with Crippen LogP contribution in [0.5, 0.6) is 0 Å². The molecule has 2 saturated heterocycles. The molecule has 0 spiro atoms. The van der Waals surface area contributed by atoms with Crippen LogP contribution in [0.25, 0.3) is 0 Å². The van der Waals surface area contributed by atoms with Crippen LogP contribution in [0.2, 0.25) is 0 Å². The van der Waals surface area contributed by atoms with Gasteiger partial charge in [-0.25, -0.2) is 4.98 Å². The highest BCUT2D eigenvalue weighted by molar-refractivity contribution is 5.80. The van der Waals surface area contributed by atoms with Gasteiger partial charge in [-0.2, -0.15) is 0 Å². The number of hydrogen-bond acceptors (Lipinski definition) is 4. The Hall–Kier alpha value is -1.62. The third-order valence-electron chi connectivity index (χ3n) is 5.51. The molecule has 124 valence electrons. The summed E-state index contributed by atoms with van der Waals surface area (Å²) in [6, 6.07) is 4.44. The van der Waals surface area contributed by atoms with Crippen LogP contribution >= 0.6 is 0 Å². The molecule has 4 heterocycles. The Labute approximate surface area is 137 Å². The molecule has 0 unspecified atom stereocenters. The molecular formula is C18H26N4O. The maximum Gasteiger partial charge on any atom is 0.228 e. The number of anilines is 1. The maximum absolute atomic E-state index is 12.3. The van der Waals surface area contributed by atoms with Gasteiger partial charge in [0, 0.05) is 38.4 Å². The fraction of sp³-hybridized carbons (Fsp3) is 0.667. The van der Waals surface area contributed by atoms with Gasteiger partial charge in [-0.15, -0.1) is 0 Å². The predicted octanol–water partition coefficient (Wildman–Crippen LogP) is 1.44. The van der Waals surface area contributed by atoms with Crippen LogP contribution in [0, 0.1) is 11.8 Å². The monoisotopic (exact) mass is 314 g/mol. The number of fused-ring (bicyclic) bond motifs is 1. The lowest BCUT2D eigenvalue weighted by atomic mass is 9.90. The SMILES string of the molecule is O=C(C1CNC1)N1CCC(Cc2ccc3c(n2)NCCC3)CC1. The minimum absolute atomic E-state index is 0.236. The lowest BCUT2D eigenvalue weighted by molar-refractivity contribution is -0.138. The van der Waals surface area contributed by atoms with Crippen molar-refractivity contribution in [3.63, 3.8) is 0 Å². The minimum atomic E-state index is 0.236. The summed E-state index contributed by atoms with van der Waals surface area (Å²) < 4.78 is 0. The van der Waals surface area contributed by atoms with Gasteiger partial charge in [0.05, 0.1) is 5.92 Å². The Kier molecular flexibility index (Phi) is 4.21. The molecule has 5 nitrogen and oxygen atoms in total. The van der Waals surface area contributed by atoms with E-state index in [1.54, 1.807) is 0 Å². The van der Waals surface area contributed by atoms with Crippen molar-refractivity contribution in [1.29, 1.82) is 0 Å². The van der Waals surface area contributed by atoms with E-state index in [-0.39, 0.29) is 5.92 Å². The molecule has 4 rings (SSSR count). The Bertz CT molecular complexity index is 576. The third kappa shape index (κ3) is 3.20. The lowest BCUT2D eigenvalue weighted by Crippen LogP contribution is -2.53. The van der Waals surface area contributed by atoms with Gasteiger partial charge in [0.1, 0.15) is 5.82 Å². The van der Waals surface area contributed by atoms with E-state index in [2.05, 4.69) is 27.7 Å². The van der Waals surface area contributed by atoms with E-state index in [0.29, 0.717) is 11.8 Å². The van der Waals surface area contributed by atoms with Gasteiger partial charge in [0.15, 0.2) is 0 Å². The fourth-order valence-corrected chi connectivity index (χ4v) is 3.86. The number of piperidine rings is 1. The van der Waals surface area contributed by atoms with Crippen LogP contribution in [-0.4, -0.2) is 48.5 Å². The van der Waals surface area contributed by atoms with E-state index in [1.165, 1.54) is 17.7 Å². The molecule has 3 aliphatic rings. The Balaban J connectivity index is 1.31. The van der Waals surface area contributed by atoms with Gasteiger partial charge in [-0.1, -0.05) is 6.07 Å². The Morgan fingerprint density at radius 3 is 2.83 bits per heavy atom. The zero-order valence-corrected chi connectivity index (χ0v) is 13.7. The second-order valence-corrected chi connectivity index (χ2v) is 7.17. The van der Waals surface area contributed by atoms with E-state index >= 15 is 0 Å². The molecule has 23 heavy (non-hydrogen) atoms. The second-order valence-electron chi connectivity index (χ2n) is 7.17. The fourth-order valence-electron chi connectivity index (χ4n) is 3.86. The van der Waals surface area contributed by atoms with Crippen molar-refractivity contribution < 1.29 is 4.79 Å². The number of nitrogens with zero attached hydrogens (tertiary/aromatic N) is 2. The first-order chi connectivity index (χ1) is 11.3. The standard InChI is InChI=1S/C18H26N4O/c23-18(15-11-19-12-15)22-8-5-13(6-9-22)10-16-4-3-14-2-1-7-20-17(14)21-16/h3-4,13,15,19H,1-2,5-12H2,(H,20,21). The van der Waals surface area contributed by atoms with Crippen molar-refractivity contribution in [2.75, 3.05) is 38.0 Å². The second kappa shape index (κ2) is 6.48. The molecule has 1 aromatic heterocycles. The maximum atomic E-state index is 12.3. The number of carbonyl (C=O) groups excluding carboxylic acids is 1. The number of aromatic nitrogens is 1. The number of rotatable bonds is 3. The van der Waals surface area contributed by atoms with Crippen molar-refractivity contribution in [3.8, 4) is 0 Å². The van der Waals surface area contributed by atoms with Crippen LogP contribution in [0.4, 0.5) is 5.82 Å². The molecule has 2 fully saturated rings. The molecule has 0 aromatic carbocycles. The largest absolute Gasteiger partial charge is 0.370 e. The average molecular weight is 314 g/mol. The number of hydrogen-bond donors (Lipinski definition) is 2. The Morgan fingerprint density at radius 2 is 2.09 bits per heavy atom. The number of aryl methyl sites for hydroxylation is 1. The summed E-state index contributed by atoms with van der Waals surface area (Å²) in [7, 11) is 0. The molecule has 3 aliphatic heterocycles. The molecule has 5 heteroatoms. The summed E-state index contributed by atoms with van der Waals surface area (Å²) in [5.74, 6) is 2.35. The first kappa shape index (κ1) is 14.9. The predicted molar refractivity (Wildman–Crippen MR) is 90.4 cm³/mol. The summed E-state index contributed by atoms with van der Waals surface area (Å²) in [4.78, 5) is 19.2. The van der Waals surface area contributed by atoms with Crippen LogP contribution in [0.1, 0.15) is 30.5 Å². The summed E-state index contributed by atoms with van der Waals surface area (Å²) >= 11 is 0. The van der Waals surface area contributed by atoms with Gasteiger partial charge >= 0.3 is 0 Å². The first-order valence-electron chi connectivity index (χ1n) is 9.02. The number of carbonyl (C=O) groups is 1. The van der Waals surface area contributed by atoms with E-state index < -0.39 is 0 Å². The molecule has 0 bridgehead atoms. The molecule has 1 amide bonds. The quantitative estimate of drug-likeness (QED) is 0.886. The Morgan fingerprint density at radius 1 is 1.26 bits per heavy atom. The number of pyridine rings is 1. The van der Waals surface area contributed by atoms with E-state index in [4.69, 9.17) is 4.98 Å². The normalized spacial score (nSPS) is 22.2. The van der Waals surface area contributed by atoms with Crippen molar-refractivity contribution in [2.45, 2.75) is 32.1 Å². The molecule has 1 aromatic rings. The minimum Gasteiger partial charge on any atom is -0.370 e. The van der Waals surface area contributed by atoms with Crippen molar-refractivity contribution >= 4 is 11.7 Å². The smallest absolute Gasteiger partial charge is 0.228 e. The van der Waals surface area contributed by atoms with E-state index in [9.17, 15) is 4.79 Å². The zero-order valence-electron chi connectivity index (χ0n) is 13.7. The van der Waals surface area contributed by atoms with Crippen LogP contribution in [0.15, 0.2) is 12.1 Å². The van der Waals surface area contributed by atoms with Gasteiger partial charge in [-0.3, -0.25) is 4.79 Å². The van der Waals surface area contributed by atoms with E-state index in [0.717, 1.165) is 64.2 Å². The molecule has 2 N–H and O–H groups in total. The highest BCUT2D eigenvalue weighted by Gasteiger charge is 2.31. The zero-order chi connectivity index (χ0) is 15.6. The number of nitrogens with one attached hydrogen (secondary N) is 2. The van der Waals surface area contributed by atoms with Gasteiger partial charge in [-0.05, 0) is 49.7 Å². The molecule has 0 aliphatic carbocycles. The van der Waals surface area contributed by atoms with Gasteiger partial charge in [0.2, 0.25) is 5.91 Å². The van der Waals surface area contributed by atoms with E-state index in [1.807, 2.05) is 0 Å². The highest BCUT2D eigenvalue weighted by atomic mass is 16.2.